The molecule has 300 valence electrons. The van der Waals surface area contributed by atoms with Gasteiger partial charge in [-0.3, -0.25) is 0 Å². The lowest BCUT2D eigenvalue weighted by Gasteiger charge is -2.33. The van der Waals surface area contributed by atoms with Crippen molar-refractivity contribution in [3.05, 3.63) is 249 Å². The minimum absolute atomic E-state index is 1.08. The van der Waals surface area contributed by atoms with Gasteiger partial charge in [0.1, 0.15) is 0 Å². The molecule has 0 aliphatic heterocycles. The van der Waals surface area contributed by atoms with Gasteiger partial charge in [0.2, 0.25) is 0 Å². The van der Waals surface area contributed by atoms with E-state index in [1.807, 2.05) is 11.3 Å². The normalized spacial score (nSPS) is 11.4. The lowest BCUT2D eigenvalue weighted by Crippen LogP contribution is -2.14. The molecule has 0 atom stereocenters. The molecule has 64 heavy (non-hydrogen) atoms. The van der Waals surface area contributed by atoms with Gasteiger partial charge in [-0.05, 0) is 79.4 Å². The number of rotatable bonds is 8. The molecule has 0 radical (unpaired) electrons. The van der Waals surface area contributed by atoms with Crippen LogP contribution in [0.4, 0.5) is 17.1 Å². The Morgan fingerprint density at radius 1 is 0.281 bits per heavy atom. The summed E-state index contributed by atoms with van der Waals surface area (Å²) < 4.78 is 2.59. The Morgan fingerprint density at radius 3 is 1.50 bits per heavy atom. The standard InChI is InChI=1S/C62H41NS/c1-4-19-42(20-5-1)43-35-37-46(38-36-43)60-53-29-12-10-25-49(53)50-26-11-13-30-54(50)61(60)63(47-39-40-48(44-21-6-2-7-22-44)57(41-47)45-23-8-3-9-24-45)58-33-16-14-27-51(58)55-31-18-32-56-52-28-15-17-34-59(52)64-62(55)56/h1-41H. The quantitative estimate of drug-likeness (QED) is 0.138. The molecule has 0 aliphatic rings. The predicted molar refractivity (Wildman–Crippen MR) is 276 cm³/mol. The number of thiophene rings is 1. The Balaban J connectivity index is 1.20. The second-order valence-electron chi connectivity index (χ2n) is 16.4. The van der Waals surface area contributed by atoms with Crippen molar-refractivity contribution in [1.29, 1.82) is 0 Å². The van der Waals surface area contributed by atoms with Gasteiger partial charge in [-0.2, -0.15) is 0 Å². The Labute approximate surface area is 377 Å². The molecule has 0 saturated heterocycles. The maximum atomic E-state index is 2.57. The third kappa shape index (κ3) is 6.47. The summed E-state index contributed by atoms with van der Waals surface area (Å²) in [5.41, 5.74) is 15.2. The fourth-order valence-corrected chi connectivity index (χ4v) is 11.0. The zero-order valence-corrected chi connectivity index (χ0v) is 35.8. The first kappa shape index (κ1) is 37.7. The van der Waals surface area contributed by atoms with E-state index in [4.69, 9.17) is 0 Å². The van der Waals surface area contributed by atoms with Crippen LogP contribution < -0.4 is 4.90 Å². The highest BCUT2D eigenvalue weighted by Gasteiger charge is 2.27. The van der Waals surface area contributed by atoms with Crippen molar-refractivity contribution in [2.24, 2.45) is 0 Å². The van der Waals surface area contributed by atoms with E-state index in [0.717, 1.165) is 22.6 Å². The zero-order chi connectivity index (χ0) is 42.4. The molecule has 11 aromatic carbocycles. The van der Waals surface area contributed by atoms with Crippen molar-refractivity contribution in [1.82, 2.24) is 0 Å². The Hall–Kier alpha value is -8.04. The van der Waals surface area contributed by atoms with Crippen LogP contribution in [-0.2, 0) is 0 Å². The molecule has 0 amide bonds. The fraction of sp³-hybridized carbons (Fsp3) is 0. The van der Waals surface area contributed by atoms with E-state index >= 15 is 0 Å². The van der Waals surface area contributed by atoms with E-state index in [2.05, 4.69) is 254 Å². The molecule has 0 saturated carbocycles. The van der Waals surface area contributed by atoms with Gasteiger partial charge < -0.3 is 4.90 Å². The first-order chi connectivity index (χ1) is 31.8. The molecule has 0 fully saturated rings. The third-order valence-electron chi connectivity index (χ3n) is 12.7. The Kier molecular flexibility index (Phi) is 9.43. The molecule has 12 rings (SSSR count). The first-order valence-electron chi connectivity index (χ1n) is 21.9. The molecule has 1 heterocycles. The summed E-state index contributed by atoms with van der Waals surface area (Å²) in [5, 5.41) is 7.43. The van der Waals surface area contributed by atoms with E-state index in [1.54, 1.807) is 0 Å². The number of fused-ring (bicyclic) bond motifs is 6. The van der Waals surface area contributed by atoms with Crippen molar-refractivity contribution in [3.8, 4) is 55.6 Å². The number of benzene rings is 11. The molecule has 12 aromatic rings. The van der Waals surface area contributed by atoms with Crippen molar-refractivity contribution < 1.29 is 0 Å². The van der Waals surface area contributed by atoms with Crippen molar-refractivity contribution >= 4 is 70.1 Å². The summed E-state index contributed by atoms with van der Waals surface area (Å²) in [4.78, 5) is 2.57. The van der Waals surface area contributed by atoms with Crippen LogP contribution >= 0.6 is 11.3 Å². The average Bonchev–Trinajstić information content (AvgIpc) is 3.77. The lowest BCUT2D eigenvalue weighted by atomic mass is 9.88. The van der Waals surface area contributed by atoms with Crippen LogP contribution in [0.3, 0.4) is 0 Å². The van der Waals surface area contributed by atoms with Crippen LogP contribution in [0.1, 0.15) is 0 Å². The van der Waals surface area contributed by atoms with Crippen molar-refractivity contribution in [3.63, 3.8) is 0 Å². The summed E-state index contributed by atoms with van der Waals surface area (Å²) in [5.74, 6) is 0. The van der Waals surface area contributed by atoms with Gasteiger partial charge in [0.05, 0.1) is 11.4 Å². The van der Waals surface area contributed by atoms with Crippen LogP contribution in [-0.4, -0.2) is 0 Å². The summed E-state index contributed by atoms with van der Waals surface area (Å²) in [7, 11) is 0. The summed E-state index contributed by atoms with van der Waals surface area (Å²) in [6.07, 6.45) is 0. The molecule has 0 N–H and O–H groups in total. The Bertz CT molecular complexity index is 3650. The van der Waals surface area contributed by atoms with E-state index in [0.29, 0.717) is 0 Å². The number of hydrogen-bond acceptors (Lipinski definition) is 2. The van der Waals surface area contributed by atoms with Crippen molar-refractivity contribution in [2.45, 2.75) is 0 Å². The van der Waals surface area contributed by atoms with Crippen LogP contribution in [0.2, 0.25) is 0 Å². The van der Waals surface area contributed by atoms with Crippen LogP contribution in [0.5, 0.6) is 0 Å². The minimum atomic E-state index is 1.08. The van der Waals surface area contributed by atoms with E-state index in [-0.39, 0.29) is 0 Å². The maximum Gasteiger partial charge on any atom is 0.0625 e. The lowest BCUT2D eigenvalue weighted by molar-refractivity contribution is 1.30. The zero-order valence-electron chi connectivity index (χ0n) is 35.0. The monoisotopic (exact) mass is 831 g/mol. The first-order valence-corrected chi connectivity index (χ1v) is 22.7. The molecule has 0 bridgehead atoms. The third-order valence-corrected chi connectivity index (χ3v) is 13.9. The second kappa shape index (κ2) is 16.0. The van der Waals surface area contributed by atoms with Gasteiger partial charge >= 0.3 is 0 Å². The molecule has 0 spiro atoms. The molecule has 1 aromatic heterocycles. The highest BCUT2D eigenvalue weighted by molar-refractivity contribution is 7.26. The molecule has 0 aliphatic carbocycles. The average molecular weight is 832 g/mol. The smallest absolute Gasteiger partial charge is 0.0625 e. The molecule has 2 heteroatoms. The Morgan fingerprint density at radius 2 is 0.781 bits per heavy atom. The molecular weight excluding hydrogens is 791 g/mol. The van der Waals surface area contributed by atoms with Gasteiger partial charge in [-0.15, -0.1) is 11.3 Å². The predicted octanol–water partition coefficient (Wildman–Crippen LogP) is 18.2. The highest BCUT2D eigenvalue weighted by atomic mass is 32.1. The van der Waals surface area contributed by atoms with Crippen molar-refractivity contribution in [2.75, 3.05) is 4.90 Å². The number of hydrogen-bond donors (Lipinski definition) is 0. The van der Waals surface area contributed by atoms with Gasteiger partial charge in [0, 0.05) is 47.9 Å². The fourth-order valence-electron chi connectivity index (χ4n) is 9.75. The van der Waals surface area contributed by atoms with Gasteiger partial charge in [-0.1, -0.05) is 224 Å². The van der Waals surface area contributed by atoms with Gasteiger partial charge in [-0.25, -0.2) is 0 Å². The number of nitrogens with zero attached hydrogens (tertiary/aromatic N) is 1. The van der Waals surface area contributed by atoms with E-state index in [9.17, 15) is 0 Å². The molecule has 0 unspecified atom stereocenters. The number of para-hydroxylation sites is 1. The molecule has 1 nitrogen and oxygen atoms in total. The second-order valence-corrected chi connectivity index (χ2v) is 17.4. The SMILES string of the molecule is c1ccc(-c2ccc(-c3c(N(c4ccc(-c5ccccc5)c(-c5ccccc5)c4)c4ccccc4-c4cccc5c4sc4ccccc45)c4ccccc4c4ccccc34)cc2)cc1. The number of anilines is 3. The maximum absolute atomic E-state index is 2.57. The topological polar surface area (TPSA) is 3.24 Å². The van der Waals surface area contributed by atoms with Gasteiger partial charge in [0.25, 0.3) is 0 Å². The van der Waals surface area contributed by atoms with Crippen LogP contribution in [0.15, 0.2) is 249 Å². The molecular formula is C62H41NS. The van der Waals surface area contributed by atoms with Crippen LogP contribution in [0.25, 0.3) is 97.4 Å². The van der Waals surface area contributed by atoms with Gasteiger partial charge in [0.15, 0.2) is 0 Å². The minimum Gasteiger partial charge on any atom is -0.309 e. The highest BCUT2D eigenvalue weighted by Crippen LogP contribution is 2.53. The summed E-state index contributed by atoms with van der Waals surface area (Å²) in [6, 6.07) is 91.1. The van der Waals surface area contributed by atoms with Crippen LogP contribution in [0, 0.1) is 0 Å². The summed E-state index contributed by atoms with van der Waals surface area (Å²) >= 11 is 1.88. The van der Waals surface area contributed by atoms with E-state index < -0.39 is 0 Å². The largest absolute Gasteiger partial charge is 0.309 e. The summed E-state index contributed by atoms with van der Waals surface area (Å²) in [6.45, 7) is 0. The van der Waals surface area contributed by atoms with E-state index in [1.165, 1.54) is 91.8 Å².